The molecule has 3 aromatic rings. The van der Waals surface area contributed by atoms with Crippen LogP contribution in [0.3, 0.4) is 0 Å². The molecule has 1 N–H and O–H groups in total. The fourth-order valence-corrected chi connectivity index (χ4v) is 4.52. The Morgan fingerprint density at radius 3 is 2.31 bits per heavy atom. The fraction of sp³-hybridized carbons (Fsp3) is 0.241. The summed E-state index contributed by atoms with van der Waals surface area (Å²) in [6, 6.07) is 15.9. The molecule has 1 unspecified atom stereocenters. The SMILES string of the molecule is COc1ccc(C2/C(=C(\O)c3cc(C)ccc3C)C(=O)C(=O)N2CCc2ccc(F)cc2)cc1OC. The van der Waals surface area contributed by atoms with Crippen LogP contribution in [0.4, 0.5) is 4.39 Å². The highest BCUT2D eigenvalue weighted by molar-refractivity contribution is 6.46. The Hall–Kier alpha value is -4.13. The van der Waals surface area contributed by atoms with E-state index in [9.17, 15) is 19.1 Å². The monoisotopic (exact) mass is 489 g/mol. The van der Waals surface area contributed by atoms with Crippen molar-refractivity contribution >= 4 is 17.4 Å². The van der Waals surface area contributed by atoms with Gasteiger partial charge in [-0.1, -0.05) is 35.9 Å². The molecular weight excluding hydrogens is 461 g/mol. The summed E-state index contributed by atoms with van der Waals surface area (Å²) in [7, 11) is 3.02. The maximum atomic E-state index is 13.4. The number of benzene rings is 3. The number of ketones is 1. The Bertz CT molecular complexity index is 1350. The summed E-state index contributed by atoms with van der Waals surface area (Å²) < 4.78 is 24.2. The number of amides is 1. The number of hydrogen-bond acceptors (Lipinski definition) is 5. The van der Waals surface area contributed by atoms with Gasteiger partial charge in [0.15, 0.2) is 11.5 Å². The minimum Gasteiger partial charge on any atom is -0.507 e. The van der Waals surface area contributed by atoms with Gasteiger partial charge in [-0.05, 0) is 67.3 Å². The Kier molecular flexibility index (Phi) is 7.10. The van der Waals surface area contributed by atoms with Gasteiger partial charge in [0.2, 0.25) is 0 Å². The average molecular weight is 490 g/mol. The molecule has 36 heavy (non-hydrogen) atoms. The lowest BCUT2D eigenvalue weighted by atomic mass is 9.93. The second kappa shape index (κ2) is 10.2. The van der Waals surface area contributed by atoms with Crippen molar-refractivity contribution in [2.75, 3.05) is 20.8 Å². The lowest BCUT2D eigenvalue weighted by Crippen LogP contribution is -2.31. The van der Waals surface area contributed by atoms with Crippen LogP contribution in [0, 0.1) is 19.7 Å². The third-order valence-corrected chi connectivity index (χ3v) is 6.47. The highest BCUT2D eigenvalue weighted by Gasteiger charge is 2.46. The predicted molar refractivity (Wildman–Crippen MR) is 135 cm³/mol. The Morgan fingerprint density at radius 1 is 0.944 bits per heavy atom. The van der Waals surface area contributed by atoms with Crippen LogP contribution < -0.4 is 9.47 Å². The molecule has 186 valence electrons. The van der Waals surface area contributed by atoms with Crippen LogP contribution in [0.25, 0.3) is 5.76 Å². The van der Waals surface area contributed by atoms with E-state index in [2.05, 4.69) is 0 Å². The molecule has 0 aliphatic carbocycles. The van der Waals surface area contributed by atoms with E-state index in [1.54, 1.807) is 36.4 Å². The van der Waals surface area contributed by atoms with E-state index in [-0.39, 0.29) is 23.7 Å². The molecule has 1 fully saturated rings. The number of halogens is 1. The highest BCUT2D eigenvalue weighted by atomic mass is 19.1. The molecule has 1 atom stereocenters. The third-order valence-electron chi connectivity index (χ3n) is 6.47. The van der Waals surface area contributed by atoms with Gasteiger partial charge in [-0.15, -0.1) is 0 Å². The number of aliphatic hydroxyl groups excluding tert-OH is 1. The van der Waals surface area contributed by atoms with Gasteiger partial charge in [0.05, 0.1) is 25.8 Å². The van der Waals surface area contributed by atoms with Gasteiger partial charge in [0.1, 0.15) is 11.6 Å². The van der Waals surface area contributed by atoms with Gasteiger partial charge in [-0.25, -0.2) is 4.39 Å². The van der Waals surface area contributed by atoms with Gasteiger partial charge >= 0.3 is 0 Å². The minimum atomic E-state index is -0.842. The van der Waals surface area contributed by atoms with Gasteiger partial charge in [0, 0.05) is 12.1 Å². The van der Waals surface area contributed by atoms with E-state index in [1.807, 2.05) is 26.0 Å². The van der Waals surface area contributed by atoms with Gasteiger partial charge in [0.25, 0.3) is 11.7 Å². The van der Waals surface area contributed by atoms with Crippen molar-refractivity contribution in [3.8, 4) is 11.5 Å². The quantitative estimate of drug-likeness (QED) is 0.283. The summed E-state index contributed by atoms with van der Waals surface area (Å²) in [5, 5.41) is 11.4. The molecule has 1 amide bonds. The van der Waals surface area contributed by atoms with Crippen molar-refractivity contribution in [1.82, 2.24) is 4.90 Å². The highest BCUT2D eigenvalue weighted by Crippen LogP contribution is 2.42. The Labute approximate surface area is 209 Å². The van der Waals surface area contributed by atoms with Gasteiger partial charge < -0.3 is 19.5 Å². The minimum absolute atomic E-state index is 0.0139. The maximum Gasteiger partial charge on any atom is 0.295 e. The normalized spacial score (nSPS) is 16.9. The number of Topliss-reactive ketones (excluding diaryl/α,β-unsaturated/α-hetero) is 1. The number of carbonyl (C=O) groups is 2. The van der Waals surface area contributed by atoms with Gasteiger partial charge in [-0.3, -0.25) is 9.59 Å². The van der Waals surface area contributed by atoms with Crippen molar-refractivity contribution in [3.05, 3.63) is 99.9 Å². The number of methoxy groups -OCH3 is 2. The van der Waals surface area contributed by atoms with Gasteiger partial charge in [-0.2, -0.15) is 0 Å². The lowest BCUT2D eigenvalue weighted by Gasteiger charge is -2.26. The number of aryl methyl sites for hydroxylation is 2. The van der Waals surface area contributed by atoms with E-state index in [0.717, 1.165) is 16.7 Å². The number of likely N-dealkylation sites (tertiary alicyclic amines) is 1. The second-order valence-corrected chi connectivity index (χ2v) is 8.80. The van der Waals surface area contributed by atoms with E-state index in [1.165, 1.54) is 31.3 Å². The van der Waals surface area contributed by atoms with Crippen molar-refractivity contribution in [1.29, 1.82) is 0 Å². The smallest absolute Gasteiger partial charge is 0.295 e. The molecule has 0 radical (unpaired) electrons. The molecule has 6 nitrogen and oxygen atoms in total. The molecule has 1 aliphatic heterocycles. The van der Waals surface area contributed by atoms with Crippen LogP contribution in [0.2, 0.25) is 0 Å². The maximum absolute atomic E-state index is 13.4. The number of ether oxygens (including phenoxy) is 2. The van der Waals surface area contributed by atoms with Crippen LogP contribution in [-0.4, -0.2) is 42.5 Å². The molecular formula is C29H28FNO5. The molecule has 7 heteroatoms. The first-order valence-corrected chi connectivity index (χ1v) is 11.6. The largest absolute Gasteiger partial charge is 0.507 e. The molecule has 1 saturated heterocycles. The Morgan fingerprint density at radius 2 is 1.64 bits per heavy atom. The van der Waals surface area contributed by atoms with E-state index in [4.69, 9.17) is 9.47 Å². The third kappa shape index (κ3) is 4.69. The summed E-state index contributed by atoms with van der Waals surface area (Å²) in [5.41, 5.74) is 3.62. The zero-order valence-corrected chi connectivity index (χ0v) is 20.7. The number of hydrogen-bond donors (Lipinski definition) is 1. The molecule has 3 aromatic carbocycles. The first-order valence-electron chi connectivity index (χ1n) is 11.6. The number of nitrogens with zero attached hydrogens (tertiary/aromatic N) is 1. The van der Waals surface area contributed by atoms with E-state index >= 15 is 0 Å². The second-order valence-electron chi connectivity index (χ2n) is 8.80. The molecule has 4 rings (SSSR count). The van der Waals surface area contributed by atoms with Crippen LogP contribution in [0.1, 0.15) is 33.9 Å². The molecule has 0 spiro atoms. The standard InChI is InChI=1S/C29H28FNO5/c1-17-5-6-18(2)22(15-17)27(32)25-26(20-9-12-23(35-3)24(16-20)36-4)31(29(34)28(25)33)14-13-19-7-10-21(30)11-8-19/h5-12,15-16,26,32H,13-14H2,1-4H3/b27-25+. The number of rotatable bonds is 7. The van der Waals surface area contributed by atoms with Crippen LogP contribution in [-0.2, 0) is 16.0 Å². The molecule has 0 aromatic heterocycles. The lowest BCUT2D eigenvalue weighted by molar-refractivity contribution is -0.139. The number of carbonyl (C=O) groups excluding carboxylic acids is 2. The topological polar surface area (TPSA) is 76.1 Å². The summed E-state index contributed by atoms with van der Waals surface area (Å²) >= 11 is 0. The van der Waals surface area contributed by atoms with Crippen LogP contribution in [0.5, 0.6) is 11.5 Å². The van der Waals surface area contributed by atoms with Crippen molar-refractivity contribution < 1.29 is 28.6 Å². The summed E-state index contributed by atoms with van der Waals surface area (Å²) in [6.45, 7) is 3.92. The van der Waals surface area contributed by atoms with Crippen molar-refractivity contribution in [2.24, 2.45) is 0 Å². The van der Waals surface area contributed by atoms with Crippen LogP contribution >= 0.6 is 0 Å². The molecule has 0 bridgehead atoms. The summed E-state index contributed by atoms with van der Waals surface area (Å²) in [4.78, 5) is 28.0. The first kappa shape index (κ1) is 25.0. The summed E-state index contributed by atoms with van der Waals surface area (Å²) in [5.74, 6) is -1.10. The average Bonchev–Trinajstić information content (AvgIpc) is 3.13. The molecule has 0 saturated carbocycles. The zero-order valence-electron chi connectivity index (χ0n) is 20.7. The predicted octanol–water partition coefficient (Wildman–Crippen LogP) is 5.12. The van der Waals surface area contributed by atoms with E-state index < -0.39 is 17.7 Å². The first-order chi connectivity index (χ1) is 17.2. The van der Waals surface area contributed by atoms with E-state index in [0.29, 0.717) is 29.0 Å². The van der Waals surface area contributed by atoms with Crippen LogP contribution in [0.15, 0.2) is 66.2 Å². The van der Waals surface area contributed by atoms with Crippen molar-refractivity contribution in [3.63, 3.8) is 0 Å². The number of aliphatic hydroxyl groups is 1. The van der Waals surface area contributed by atoms with Crippen molar-refractivity contribution in [2.45, 2.75) is 26.3 Å². The molecule has 1 heterocycles. The molecule has 1 aliphatic rings. The summed E-state index contributed by atoms with van der Waals surface area (Å²) in [6.07, 6.45) is 0.403. The fourth-order valence-electron chi connectivity index (χ4n) is 4.52. The zero-order chi connectivity index (χ0) is 26.0. The Balaban J connectivity index is 1.85.